The third kappa shape index (κ3) is 4.53. The Morgan fingerprint density at radius 2 is 1.71 bits per heavy atom. The highest BCUT2D eigenvalue weighted by atomic mass is 16.2. The number of hydrogen-bond donors (Lipinski definition) is 1. The highest BCUT2D eigenvalue weighted by Gasteiger charge is 2.51. The van der Waals surface area contributed by atoms with E-state index in [1.54, 1.807) is 0 Å². The van der Waals surface area contributed by atoms with E-state index >= 15 is 0 Å². The fourth-order valence-electron chi connectivity index (χ4n) is 6.89. The molecule has 1 N–H and O–H groups in total. The summed E-state index contributed by atoms with van der Waals surface area (Å²) in [6.07, 6.45) is 12.1. The molecular formula is C27H37N3O. The van der Waals surface area contributed by atoms with Gasteiger partial charge in [0.1, 0.15) is 0 Å². The number of unbranched alkanes of at least 4 members (excludes halogenated alkanes) is 1. The van der Waals surface area contributed by atoms with Gasteiger partial charge in [0.25, 0.3) is 0 Å². The van der Waals surface area contributed by atoms with Gasteiger partial charge in [0.05, 0.1) is 6.54 Å². The van der Waals surface area contributed by atoms with Gasteiger partial charge in [-0.3, -0.25) is 0 Å². The van der Waals surface area contributed by atoms with Crippen molar-refractivity contribution in [2.45, 2.75) is 76.9 Å². The summed E-state index contributed by atoms with van der Waals surface area (Å²) < 4.78 is 2.28. The zero-order chi connectivity index (χ0) is 21.3. The first-order chi connectivity index (χ1) is 15.1. The molecule has 4 aliphatic rings. The Kier molecular flexibility index (Phi) is 5.81. The molecule has 0 aliphatic heterocycles. The zero-order valence-corrected chi connectivity index (χ0v) is 18.9. The van der Waals surface area contributed by atoms with Crippen molar-refractivity contribution in [2.24, 2.45) is 17.8 Å². The number of nitrogens with one attached hydrogen (secondary N) is 1. The van der Waals surface area contributed by atoms with E-state index in [0.717, 1.165) is 43.7 Å². The molecule has 2 aromatic rings. The number of hydrogen-bond acceptors (Lipinski definition) is 1. The summed E-state index contributed by atoms with van der Waals surface area (Å²) in [5.41, 5.74) is 2.57. The third-order valence-corrected chi connectivity index (χ3v) is 7.95. The second-order valence-electron chi connectivity index (χ2n) is 10.5. The van der Waals surface area contributed by atoms with Crippen LogP contribution in [-0.2, 0) is 13.1 Å². The van der Waals surface area contributed by atoms with Crippen molar-refractivity contribution in [3.05, 3.63) is 59.9 Å². The van der Waals surface area contributed by atoms with E-state index in [1.807, 2.05) is 0 Å². The van der Waals surface area contributed by atoms with E-state index in [9.17, 15) is 4.79 Å². The molecule has 0 saturated heterocycles. The summed E-state index contributed by atoms with van der Waals surface area (Å²) in [5, 5.41) is 3.59. The molecule has 0 spiro atoms. The Morgan fingerprint density at radius 1 is 1.03 bits per heavy atom. The maximum absolute atomic E-state index is 13.5. The number of nitrogens with zero attached hydrogens (tertiary/aromatic N) is 2. The molecule has 4 aliphatic carbocycles. The molecule has 31 heavy (non-hydrogen) atoms. The Balaban J connectivity index is 1.29. The lowest BCUT2D eigenvalue weighted by Crippen LogP contribution is -2.61. The van der Waals surface area contributed by atoms with Crippen LogP contribution in [0.25, 0.3) is 0 Å². The quantitative estimate of drug-likeness (QED) is 0.575. The van der Waals surface area contributed by atoms with Gasteiger partial charge in [-0.05, 0) is 80.4 Å². The van der Waals surface area contributed by atoms with Gasteiger partial charge in [-0.25, -0.2) is 4.79 Å². The monoisotopic (exact) mass is 419 g/mol. The smallest absolute Gasteiger partial charge is 0.318 e. The lowest BCUT2D eigenvalue weighted by atomic mass is 9.53. The van der Waals surface area contributed by atoms with Crippen LogP contribution < -0.4 is 5.32 Å². The summed E-state index contributed by atoms with van der Waals surface area (Å²) in [7, 11) is 0. The fraction of sp³-hybridized carbons (Fsp3) is 0.593. The minimum atomic E-state index is 0.0718. The van der Waals surface area contributed by atoms with E-state index in [-0.39, 0.29) is 11.6 Å². The molecule has 4 heteroatoms. The summed E-state index contributed by atoms with van der Waals surface area (Å²) in [6.45, 7) is 4.55. The first-order valence-corrected chi connectivity index (χ1v) is 12.4. The first-order valence-electron chi connectivity index (χ1n) is 12.4. The molecule has 0 radical (unpaired) electrons. The van der Waals surface area contributed by atoms with Crippen molar-refractivity contribution in [1.29, 1.82) is 0 Å². The second kappa shape index (κ2) is 8.72. The number of amides is 2. The number of benzene rings is 1. The van der Waals surface area contributed by atoms with Crippen molar-refractivity contribution >= 4 is 6.03 Å². The molecule has 1 aromatic heterocycles. The third-order valence-electron chi connectivity index (χ3n) is 7.95. The van der Waals surface area contributed by atoms with E-state index in [2.05, 4.69) is 70.4 Å². The van der Waals surface area contributed by atoms with Crippen molar-refractivity contribution in [2.75, 3.05) is 6.54 Å². The van der Waals surface area contributed by atoms with E-state index in [4.69, 9.17) is 0 Å². The van der Waals surface area contributed by atoms with Gasteiger partial charge in [0, 0.05) is 30.5 Å². The predicted molar refractivity (Wildman–Crippen MR) is 125 cm³/mol. The SMILES string of the molecule is CCCCN(Cc1cccn1Cc1ccccc1)C(=O)NC12CC3CC(CC(C3)C1)C2. The van der Waals surface area contributed by atoms with Crippen molar-refractivity contribution in [3.63, 3.8) is 0 Å². The van der Waals surface area contributed by atoms with Gasteiger partial charge in [0.2, 0.25) is 0 Å². The van der Waals surface area contributed by atoms with Crippen LogP contribution in [0.3, 0.4) is 0 Å². The van der Waals surface area contributed by atoms with Crippen LogP contribution in [-0.4, -0.2) is 27.6 Å². The molecule has 1 heterocycles. The highest BCUT2D eigenvalue weighted by molar-refractivity contribution is 5.75. The maximum atomic E-state index is 13.5. The van der Waals surface area contributed by atoms with Crippen molar-refractivity contribution in [3.8, 4) is 0 Å². The van der Waals surface area contributed by atoms with Crippen LogP contribution in [0.5, 0.6) is 0 Å². The number of urea groups is 1. The van der Waals surface area contributed by atoms with Gasteiger partial charge in [-0.1, -0.05) is 43.7 Å². The molecule has 0 atom stereocenters. The second-order valence-corrected chi connectivity index (χ2v) is 10.5. The molecule has 4 nitrogen and oxygen atoms in total. The molecule has 2 amide bonds. The number of carbonyl (C=O) groups is 1. The highest BCUT2D eigenvalue weighted by Crippen LogP contribution is 2.55. The van der Waals surface area contributed by atoms with Crippen LogP contribution in [0, 0.1) is 17.8 Å². The largest absolute Gasteiger partial charge is 0.345 e. The standard InChI is InChI=1S/C27H37N3O/c1-2-3-11-30(20-25-10-7-12-29(25)19-21-8-5-4-6-9-21)26(31)28-27-16-22-13-23(17-27)15-24(14-22)18-27/h4-10,12,22-24H,2-3,11,13-20H2,1H3,(H,28,31). The van der Waals surface area contributed by atoms with Gasteiger partial charge in [-0.2, -0.15) is 0 Å². The van der Waals surface area contributed by atoms with Crippen LogP contribution in [0.1, 0.15) is 69.5 Å². The molecule has 6 rings (SSSR count). The number of rotatable bonds is 8. The zero-order valence-electron chi connectivity index (χ0n) is 18.9. The van der Waals surface area contributed by atoms with E-state index < -0.39 is 0 Å². The Labute approximate surface area is 187 Å². The average molecular weight is 420 g/mol. The lowest BCUT2D eigenvalue weighted by molar-refractivity contribution is -0.0158. The summed E-state index contributed by atoms with van der Waals surface area (Å²) in [5.74, 6) is 2.54. The van der Waals surface area contributed by atoms with E-state index in [1.165, 1.54) is 49.8 Å². The van der Waals surface area contributed by atoms with Crippen LogP contribution in [0.15, 0.2) is 48.7 Å². The fourth-order valence-corrected chi connectivity index (χ4v) is 6.89. The minimum absolute atomic E-state index is 0.0718. The topological polar surface area (TPSA) is 37.3 Å². The minimum Gasteiger partial charge on any atom is -0.345 e. The van der Waals surface area contributed by atoms with Crippen LogP contribution in [0.2, 0.25) is 0 Å². The number of carbonyl (C=O) groups excluding carboxylic acids is 1. The van der Waals surface area contributed by atoms with Crippen LogP contribution in [0.4, 0.5) is 4.79 Å². The van der Waals surface area contributed by atoms with Gasteiger partial charge in [-0.15, -0.1) is 0 Å². The molecular weight excluding hydrogens is 382 g/mol. The lowest BCUT2D eigenvalue weighted by Gasteiger charge is -2.57. The molecule has 4 fully saturated rings. The van der Waals surface area contributed by atoms with Gasteiger partial charge in [0.15, 0.2) is 0 Å². The first kappa shape index (κ1) is 20.7. The summed E-state index contributed by atoms with van der Waals surface area (Å²) in [4.78, 5) is 15.6. The molecule has 0 unspecified atom stereocenters. The predicted octanol–water partition coefficient (Wildman–Crippen LogP) is 5.82. The normalized spacial score (nSPS) is 28.6. The Hall–Kier alpha value is -2.23. The molecule has 4 bridgehead atoms. The number of aromatic nitrogens is 1. The Morgan fingerprint density at radius 3 is 2.35 bits per heavy atom. The average Bonchev–Trinajstić information content (AvgIpc) is 3.17. The molecule has 166 valence electrons. The van der Waals surface area contributed by atoms with Gasteiger partial charge < -0.3 is 14.8 Å². The van der Waals surface area contributed by atoms with Crippen molar-refractivity contribution in [1.82, 2.24) is 14.8 Å². The maximum Gasteiger partial charge on any atom is 0.318 e. The van der Waals surface area contributed by atoms with Gasteiger partial charge >= 0.3 is 6.03 Å². The van der Waals surface area contributed by atoms with Crippen molar-refractivity contribution < 1.29 is 4.79 Å². The Bertz CT molecular complexity index is 852. The van der Waals surface area contributed by atoms with E-state index in [0.29, 0.717) is 6.54 Å². The molecule has 4 saturated carbocycles. The summed E-state index contributed by atoms with van der Waals surface area (Å²) in [6, 6.07) is 15.0. The molecule has 1 aromatic carbocycles. The summed E-state index contributed by atoms with van der Waals surface area (Å²) >= 11 is 0. The van der Waals surface area contributed by atoms with Crippen LogP contribution >= 0.6 is 0 Å².